The van der Waals surface area contributed by atoms with E-state index in [1.165, 1.54) is 11.1 Å². The molecule has 210 valence electrons. The van der Waals surface area contributed by atoms with E-state index in [9.17, 15) is 18.4 Å². The average molecular weight is 607 g/mol. The SMILES string of the molecule is Cc1ccc(N(c2ccc(C)cc2)c2ccc(-c3ccc(N=c4c(=O)c(=O)c5c(F)cc(F)cc45)c4nsnc34)s2)cc1. The van der Waals surface area contributed by atoms with Crippen molar-refractivity contribution in [3.8, 4) is 10.4 Å². The van der Waals surface area contributed by atoms with Gasteiger partial charge in [-0.15, -0.1) is 11.3 Å². The van der Waals surface area contributed by atoms with Crippen molar-refractivity contribution in [2.45, 2.75) is 13.8 Å². The van der Waals surface area contributed by atoms with Crippen LogP contribution in [-0.4, -0.2) is 8.75 Å². The van der Waals surface area contributed by atoms with Gasteiger partial charge in [0.1, 0.15) is 33.0 Å². The van der Waals surface area contributed by atoms with Crippen LogP contribution >= 0.6 is 23.1 Å². The van der Waals surface area contributed by atoms with E-state index >= 15 is 0 Å². The molecule has 0 saturated heterocycles. The monoisotopic (exact) mass is 606 g/mol. The summed E-state index contributed by atoms with van der Waals surface area (Å²) in [6.07, 6.45) is 0. The first kappa shape index (κ1) is 26.9. The first-order valence-corrected chi connectivity index (χ1v) is 14.8. The molecule has 2 aromatic heterocycles. The molecule has 0 unspecified atom stereocenters. The van der Waals surface area contributed by atoms with Crippen molar-refractivity contribution in [2.75, 3.05) is 4.90 Å². The van der Waals surface area contributed by atoms with E-state index in [1.54, 1.807) is 17.4 Å². The Bertz CT molecular complexity index is 2290. The number of rotatable bonds is 5. The molecule has 0 spiro atoms. The van der Waals surface area contributed by atoms with Crippen molar-refractivity contribution in [3.63, 3.8) is 0 Å². The van der Waals surface area contributed by atoms with Gasteiger partial charge in [0.05, 0.1) is 22.8 Å². The Kier molecular flexibility index (Phi) is 6.52. The highest BCUT2D eigenvalue weighted by atomic mass is 32.1. The van der Waals surface area contributed by atoms with Crippen LogP contribution in [0.5, 0.6) is 0 Å². The third-order valence-electron chi connectivity index (χ3n) is 7.25. The van der Waals surface area contributed by atoms with Crippen molar-refractivity contribution in [1.82, 2.24) is 8.75 Å². The van der Waals surface area contributed by atoms with Crippen LogP contribution < -0.4 is 21.1 Å². The predicted molar refractivity (Wildman–Crippen MR) is 169 cm³/mol. The Balaban J connectivity index is 1.35. The summed E-state index contributed by atoms with van der Waals surface area (Å²) < 4.78 is 37.3. The third-order valence-corrected chi connectivity index (χ3v) is 8.88. The van der Waals surface area contributed by atoms with Crippen LogP contribution in [0.25, 0.3) is 32.2 Å². The number of thiophene rings is 1. The third kappa shape index (κ3) is 4.65. The van der Waals surface area contributed by atoms with Gasteiger partial charge in [-0.3, -0.25) is 9.59 Å². The molecule has 2 heterocycles. The second-order valence-corrected chi connectivity index (χ2v) is 11.8. The lowest BCUT2D eigenvalue weighted by Crippen LogP contribution is -2.30. The average Bonchev–Trinajstić information content (AvgIpc) is 3.72. The number of anilines is 3. The summed E-state index contributed by atoms with van der Waals surface area (Å²) in [5.74, 6) is -1.99. The Morgan fingerprint density at radius 2 is 1.40 bits per heavy atom. The standard InChI is InChI=1S/C33H20F2N4O2S2/c1-17-3-7-20(8-4-17)39(21-9-5-18(2)6-10-21)27-14-13-26(42-27)22-11-12-25(31-29(22)37-43-38-31)36-30-23-15-19(34)16-24(35)28(23)32(40)33(30)41/h3-16H,1-2H3. The maximum atomic E-state index is 14.4. The van der Waals surface area contributed by atoms with Gasteiger partial charge in [-0.1, -0.05) is 35.4 Å². The molecule has 7 aromatic rings. The number of hydrogen-bond donors (Lipinski definition) is 0. The lowest BCUT2D eigenvalue weighted by atomic mass is 10.1. The van der Waals surface area contributed by atoms with E-state index in [0.717, 1.165) is 44.6 Å². The Labute approximate surface area is 251 Å². The highest BCUT2D eigenvalue weighted by Crippen LogP contribution is 2.44. The van der Waals surface area contributed by atoms with Crippen LogP contribution in [0.1, 0.15) is 11.1 Å². The lowest BCUT2D eigenvalue weighted by Gasteiger charge is -2.24. The van der Waals surface area contributed by atoms with Crippen LogP contribution in [0.3, 0.4) is 0 Å². The van der Waals surface area contributed by atoms with Gasteiger partial charge in [-0.05, 0) is 68.4 Å². The van der Waals surface area contributed by atoms with Gasteiger partial charge in [-0.2, -0.15) is 8.75 Å². The molecule has 0 fully saturated rings. The Morgan fingerprint density at radius 1 is 0.744 bits per heavy atom. The van der Waals surface area contributed by atoms with Crippen molar-refractivity contribution < 1.29 is 8.78 Å². The quantitative estimate of drug-likeness (QED) is 0.187. The van der Waals surface area contributed by atoms with E-state index in [2.05, 4.69) is 87.1 Å². The Morgan fingerprint density at radius 3 is 2.07 bits per heavy atom. The van der Waals surface area contributed by atoms with Crippen molar-refractivity contribution in [1.29, 1.82) is 0 Å². The zero-order chi connectivity index (χ0) is 29.8. The zero-order valence-corrected chi connectivity index (χ0v) is 24.4. The normalized spacial score (nSPS) is 12.0. The fourth-order valence-electron chi connectivity index (χ4n) is 5.09. The van der Waals surface area contributed by atoms with Crippen molar-refractivity contribution in [2.24, 2.45) is 4.99 Å². The number of hydrogen-bond acceptors (Lipinski definition) is 8. The molecule has 0 saturated carbocycles. The number of fused-ring (bicyclic) bond motifs is 2. The summed E-state index contributed by atoms with van der Waals surface area (Å²) >= 11 is 2.58. The van der Waals surface area contributed by atoms with E-state index in [4.69, 9.17) is 0 Å². The van der Waals surface area contributed by atoms with E-state index < -0.39 is 27.9 Å². The fourth-order valence-corrected chi connectivity index (χ4v) is 6.74. The summed E-state index contributed by atoms with van der Waals surface area (Å²) in [7, 11) is 0. The minimum absolute atomic E-state index is 0.164. The predicted octanol–water partition coefficient (Wildman–Crippen LogP) is 7.77. The summed E-state index contributed by atoms with van der Waals surface area (Å²) in [5, 5.41) is 0.0557. The molecule has 0 aliphatic rings. The first-order valence-electron chi connectivity index (χ1n) is 13.2. The number of aromatic nitrogens is 2. The van der Waals surface area contributed by atoms with Gasteiger partial charge in [-0.25, -0.2) is 13.8 Å². The van der Waals surface area contributed by atoms with Crippen LogP contribution in [-0.2, 0) is 0 Å². The molecule has 0 amide bonds. The molecule has 10 heteroatoms. The van der Waals surface area contributed by atoms with Crippen LogP contribution in [0.2, 0.25) is 0 Å². The molecule has 0 atom stereocenters. The fraction of sp³-hybridized carbons (Fsp3) is 0.0606. The van der Waals surface area contributed by atoms with Crippen LogP contribution in [0.15, 0.2) is 99.5 Å². The summed E-state index contributed by atoms with van der Waals surface area (Å²) in [4.78, 5) is 32.7. The van der Waals surface area contributed by atoms with Gasteiger partial charge in [0.15, 0.2) is 0 Å². The lowest BCUT2D eigenvalue weighted by molar-refractivity contribution is 0.592. The van der Waals surface area contributed by atoms with Gasteiger partial charge < -0.3 is 4.90 Å². The number of benzene rings is 4. The second-order valence-electron chi connectivity index (χ2n) is 10.2. The Hall–Kier alpha value is -4.93. The van der Waals surface area contributed by atoms with Crippen LogP contribution in [0, 0.1) is 25.5 Å². The van der Waals surface area contributed by atoms with Gasteiger partial charge in [0.2, 0.25) is 5.43 Å². The largest absolute Gasteiger partial charge is 0.302 e. The molecule has 7 rings (SSSR count). The molecule has 0 radical (unpaired) electrons. The molecule has 0 aliphatic carbocycles. The molecule has 6 nitrogen and oxygen atoms in total. The summed E-state index contributed by atoms with van der Waals surface area (Å²) in [5.41, 5.74) is 4.44. The van der Waals surface area contributed by atoms with Crippen molar-refractivity contribution >= 4 is 66.9 Å². The van der Waals surface area contributed by atoms with E-state index in [-0.39, 0.29) is 16.4 Å². The molecule has 43 heavy (non-hydrogen) atoms. The van der Waals surface area contributed by atoms with E-state index in [0.29, 0.717) is 17.1 Å². The molecule has 0 aliphatic heterocycles. The molecular formula is C33H20F2N4O2S2. The summed E-state index contributed by atoms with van der Waals surface area (Å²) in [6.45, 7) is 4.11. The number of halogens is 2. The molecule has 0 N–H and O–H groups in total. The highest BCUT2D eigenvalue weighted by Gasteiger charge is 2.20. The van der Waals surface area contributed by atoms with Crippen LogP contribution in [0.4, 0.5) is 30.8 Å². The maximum absolute atomic E-state index is 14.4. The zero-order valence-electron chi connectivity index (χ0n) is 22.8. The minimum Gasteiger partial charge on any atom is -0.302 e. The first-order chi connectivity index (χ1) is 20.8. The molecule has 5 aromatic carbocycles. The topological polar surface area (TPSA) is 75.5 Å². The maximum Gasteiger partial charge on any atom is 0.252 e. The molecule has 0 bridgehead atoms. The van der Waals surface area contributed by atoms with E-state index in [1.807, 2.05) is 12.1 Å². The van der Waals surface area contributed by atoms with Gasteiger partial charge in [0, 0.05) is 33.3 Å². The smallest absolute Gasteiger partial charge is 0.252 e. The highest BCUT2D eigenvalue weighted by molar-refractivity contribution is 7.19. The second kappa shape index (κ2) is 10.4. The molecular weight excluding hydrogens is 587 g/mol. The minimum atomic E-state index is -1.09. The number of aryl methyl sites for hydroxylation is 2. The van der Waals surface area contributed by atoms with Crippen molar-refractivity contribution in [3.05, 3.63) is 133 Å². The summed E-state index contributed by atoms with van der Waals surface area (Å²) in [6, 6.07) is 25.8. The van der Waals surface area contributed by atoms with Gasteiger partial charge >= 0.3 is 0 Å². The van der Waals surface area contributed by atoms with Gasteiger partial charge in [0.25, 0.3) is 5.43 Å². The number of nitrogens with zero attached hydrogens (tertiary/aromatic N) is 4.